The Morgan fingerprint density at radius 3 is 2.53 bits per heavy atom. The number of aromatic hydroxyl groups is 1. The van der Waals surface area contributed by atoms with Crippen LogP contribution >= 0.6 is 0 Å². The molecule has 0 aromatic heterocycles. The average molecular weight is 237 g/mol. The van der Waals surface area contributed by atoms with Gasteiger partial charge in [0, 0.05) is 11.1 Å². The van der Waals surface area contributed by atoms with E-state index in [1.54, 1.807) is 6.92 Å². The molecular formula is C12H14N2O3. The first-order valence-corrected chi connectivity index (χ1v) is 5.18. The molecule has 90 valence electrons. The number of hydrogen-bond acceptors (Lipinski definition) is 3. The molecule has 1 unspecified atom stereocenters. The van der Waals surface area contributed by atoms with Gasteiger partial charge in [0.15, 0.2) is 0 Å². The van der Waals surface area contributed by atoms with Crippen LogP contribution in [-0.2, 0) is 10.3 Å². The van der Waals surface area contributed by atoms with E-state index in [4.69, 9.17) is 4.11 Å². The van der Waals surface area contributed by atoms with Crippen molar-refractivity contribution in [3.8, 4) is 5.75 Å². The molecule has 5 heteroatoms. The summed E-state index contributed by atoms with van der Waals surface area (Å²) in [5.74, 6) is -0.792. The molecule has 0 radical (unpaired) electrons. The number of amides is 3. The van der Waals surface area contributed by atoms with Gasteiger partial charge in [0.1, 0.15) is 11.3 Å². The average Bonchev–Trinajstić information content (AvgIpc) is 2.61. The molecule has 1 aromatic rings. The molecule has 3 amide bonds. The van der Waals surface area contributed by atoms with Crippen molar-refractivity contribution in [1.82, 2.24) is 10.2 Å². The number of carbonyl (C=O) groups excluding carboxylic acids is 2. The van der Waals surface area contributed by atoms with Gasteiger partial charge in [0.25, 0.3) is 5.91 Å². The van der Waals surface area contributed by atoms with Crippen molar-refractivity contribution in [2.45, 2.75) is 18.9 Å². The van der Waals surface area contributed by atoms with Crippen LogP contribution in [0.3, 0.4) is 0 Å². The molecule has 2 N–H and O–H groups in total. The predicted molar refractivity (Wildman–Crippen MR) is 61.4 cm³/mol. The van der Waals surface area contributed by atoms with E-state index in [-0.39, 0.29) is 17.1 Å². The Hall–Kier alpha value is -2.04. The van der Waals surface area contributed by atoms with Gasteiger partial charge in [-0.25, -0.2) is 4.79 Å². The molecule has 0 spiro atoms. The van der Waals surface area contributed by atoms with Crippen LogP contribution in [0.2, 0.25) is 0 Å². The number of nitrogens with zero attached hydrogens (tertiary/aromatic N) is 1. The van der Waals surface area contributed by atoms with Crippen LogP contribution in [0.1, 0.15) is 23.0 Å². The van der Waals surface area contributed by atoms with Gasteiger partial charge in [-0.05, 0) is 24.1 Å². The van der Waals surface area contributed by atoms with Crippen molar-refractivity contribution in [3.63, 3.8) is 0 Å². The Bertz CT molecular complexity index is 556. The minimum Gasteiger partial charge on any atom is -0.508 e. The van der Waals surface area contributed by atoms with Crippen LogP contribution < -0.4 is 5.32 Å². The third-order valence-corrected chi connectivity index (χ3v) is 2.98. The fourth-order valence-corrected chi connectivity index (χ4v) is 1.96. The van der Waals surface area contributed by atoms with E-state index in [2.05, 4.69) is 5.32 Å². The van der Waals surface area contributed by atoms with Crippen LogP contribution in [0.5, 0.6) is 5.75 Å². The van der Waals surface area contributed by atoms with Gasteiger partial charge in [0.05, 0.1) is 0 Å². The number of likely N-dealkylation sites (N-methyl/N-ethyl adjacent to an activating group) is 1. The first-order valence-electron chi connectivity index (χ1n) is 6.68. The van der Waals surface area contributed by atoms with Crippen LogP contribution in [0.15, 0.2) is 24.3 Å². The number of imide groups is 1. The van der Waals surface area contributed by atoms with Crippen molar-refractivity contribution < 1.29 is 18.8 Å². The molecule has 0 saturated carbocycles. The molecule has 1 atom stereocenters. The molecule has 1 heterocycles. The molecule has 1 aromatic carbocycles. The Kier molecular flexibility index (Phi) is 1.80. The second-order valence-corrected chi connectivity index (χ2v) is 3.88. The number of benzene rings is 1. The summed E-state index contributed by atoms with van der Waals surface area (Å²) < 4.78 is 21.8. The molecule has 0 aliphatic carbocycles. The SMILES string of the molecule is [2H]C([2H])([2H])N1C(=O)NC(CC)(c2ccc(O)cc2)C1=O. The first kappa shape index (κ1) is 8.11. The number of rotatable bonds is 2. The Morgan fingerprint density at radius 2 is 2.06 bits per heavy atom. The van der Waals surface area contributed by atoms with Crippen LogP contribution in [-0.4, -0.2) is 28.9 Å². The zero-order chi connectivity index (χ0) is 15.1. The quantitative estimate of drug-likeness (QED) is 0.759. The zero-order valence-corrected chi connectivity index (χ0v) is 9.23. The minimum atomic E-state index is -2.82. The second-order valence-electron chi connectivity index (χ2n) is 3.88. The van der Waals surface area contributed by atoms with Crippen LogP contribution in [0, 0.1) is 0 Å². The number of phenols is 1. The van der Waals surface area contributed by atoms with E-state index < -0.39 is 24.5 Å². The Balaban J connectivity index is 2.50. The smallest absolute Gasteiger partial charge is 0.325 e. The predicted octanol–water partition coefficient (Wildman–Crippen LogP) is 1.18. The van der Waals surface area contributed by atoms with E-state index >= 15 is 0 Å². The lowest BCUT2D eigenvalue weighted by Gasteiger charge is -2.25. The van der Waals surface area contributed by atoms with Gasteiger partial charge < -0.3 is 10.4 Å². The summed E-state index contributed by atoms with van der Waals surface area (Å²) in [6.45, 7) is -1.15. The van der Waals surface area contributed by atoms with Crippen molar-refractivity contribution in [2.24, 2.45) is 0 Å². The van der Waals surface area contributed by atoms with Crippen LogP contribution in [0.4, 0.5) is 4.79 Å². The van der Waals surface area contributed by atoms with Gasteiger partial charge in [0.2, 0.25) is 0 Å². The molecule has 5 nitrogen and oxygen atoms in total. The zero-order valence-electron chi connectivity index (χ0n) is 12.2. The molecule has 1 aliphatic rings. The van der Waals surface area contributed by atoms with Gasteiger partial charge in [-0.2, -0.15) is 0 Å². The highest BCUT2D eigenvalue weighted by atomic mass is 16.3. The number of phenolic OH excluding ortho intramolecular Hbond substituents is 1. The summed E-state index contributed by atoms with van der Waals surface area (Å²) in [6, 6.07) is 4.79. The van der Waals surface area contributed by atoms with E-state index in [0.717, 1.165) is 0 Å². The monoisotopic (exact) mass is 237 g/mol. The normalized spacial score (nSPS) is 27.4. The standard InChI is InChI=1S/C12H14N2O3/c1-3-12(8-4-6-9(15)7-5-8)10(16)14(2)11(17)13-12/h4-7,15H,3H2,1-2H3,(H,13,17)/i2D3. The van der Waals surface area contributed by atoms with E-state index in [0.29, 0.717) is 5.56 Å². The molecular weight excluding hydrogens is 220 g/mol. The number of hydrogen-bond donors (Lipinski definition) is 2. The van der Waals surface area contributed by atoms with Crippen molar-refractivity contribution in [1.29, 1.82) is 0 Å². The number of carbonyl (C=O) groups is 2. The van der Waals surface area contributed by atoms with Crippen molar-refractivity contribution >= 4 is 11.9 Å². The molecule has 1 aliphatic heterocycles. The second kappa shape index (κ2) is 3.76. The molecule has 1 fully saturated rings. The highest BCUT2D eigenvalue weighted by molar-refractivity contribution is 6.07. The van der Waals surface area contributed by atoms with Gasteiger partial charge >= 0.3 is 6.03 Å². The van der Waals surface area contributed by atoms with Gasteiger partial charge in [-0.1, -0.05) is 19.1 Å². The lowest BCUT2D eigenvalue weighted by molar-refractivity contribution is -0.130. The summed E-state index contributed by atoms with van der Waals surface area (Å²) in [6.07, 6.45) is 0.203. The van der Waals surface area contributed by atoms with Crippen LogP contribution in [0.25, 0.3) is 0 Å². The number of urea groups is 1. The molecule has 2 rings (SSSR count). The molecule has 0 bridgehead atoms. The third kappa shape index (κ3) is 1.54. The lowest BCUT2D eigenvalue weighted by Crippen LogP contribution is -2.43. The third-order valence-electron chi connectivity index (χ3n) is 2.98. The van der Waals surface area contributed by atoms with Crippen molar-refractivity contribution in [2.75, 3.05) is 6.98 Å². The summed E-state index contributed by atoms with van der Waals surface area (Å²) in [5, 5.41) is 11.7. The largest absolute Gasteiger partial charge is 0.508 e. The minimum absolute atomic E-state index is 0.0180. The summed E-state index contributed by atoms with van der Waals surface area (Å²) in [4.78, 5) is 24.5. The Labute approximate surface area is 103 Å². The number of nitrogens with one attached hydrogen (secondary N) is 1. The molecule has 1 saturated heterocycles. The topological polar surface area (TPSA) is 69.6 Å². The first-order chi connectivity index (χ1) is 9.22. The van der Waals surface area contributed by atoms with E-state index in [9.17, 15) is 14.7 Å². The van der Waals surface area contributed by atoms with E-state index in [1.807, 2.05) is 0 Å². The highest BCUT2D eigenvalue weighted by Crippen LogP contribution is 2.32. The summed E-state index contributed by atoms with van der Waals surface area (Å²) >= 11 is 0. The Morgan fingerprint density at radius 1 is 1.41 bits per heavy atom. The lowest BCUT2D eigenvalue weighted by atomic mass is 9.87. The van der Waals surface area contributed by atoms with Crippen molar-refractivity contribution in [3.05, 3.63) is 29.8 Å². The summed E-state index contributed by atoms with van der Waals surface area (Å²) in [5.41, 5.74) is -0.970. The maximum absolute atomic E-state index is 12.4. The highest BCUT2D eigenvalue weighted by Gasteiger charge is 2.49. The summed E-state index contributed by atoms with van der Waals surface area (Å²) in [7, 11) is 0. The van der Waals surface area contributed by atoms with Gasteiger partial charge in [-0.3, -0.25) is 9.69 Å². The maximum atomic E-state index is 12.4. The fourth-order valence-electron chi connectivity index (χ4n) is 1.96. The van der Waals surface area contributed by atoms with E-state index in [1.165, 1.54) is 24.3 Å². The fraction of sp³-hybridized carbons (Fsp3) is 0.333. The van der Waals surface area contributed by atoms with Gasteiger partial charge in [-0.15, -0.1) is 0 Å². The maximum Gasteiger partial charge on any atom is 0.325 e. The molecule has 17 heavy (non-hydrogen) atoms.